The van der Waals surface area contributed by atoms with Crippen molar-refractivity contribution in [1.82, 2.24) is 14.7 Å². The highest BCUT2D eigenvalue weighted by Gasteiger charge is 2.23. The predicted molar refractivity (Wildman–Crippen MR) is 86.1 cm³/mol. The number of carbonyl (C=O) groups is 1. The van der Waals surface area contributed by atoms with E-state index >= 15 is 0 Å². The van der Waals surface area contributed by atoms with Crippen molar-refractivity contribution in [3.05, 3.63) is 40.3 Å². The summed E-state index contributed by atoms with van der Waals surface area (Å²) in [5.74, 6) is -0.292. The number of nitrogens with zero attached hydrogens (tertiary/aromatic N) is 3. The molecule has 0 N–H and O–H groups in total. The quantitative estimate of drug-likeness (QED) is 0.795. The van der Waals surface area contributed by atoms with Gasteiger partial charge in [-0.25, -0.2) is 4.79 Å². The molecule has 1 fully saturated rings. The normalized spacial score (nSPS) is 19.2. The molecule has 0 aliphatic carbocycles. The van der Waals surface area contributed by atoms with Crippen molar-refractivity contribution < 1.29 is 9.53 Å². The molecular weight excluding hydrogens is 298 g/mol. The van der Waals surface area contributed by atoms with Crippen LogP contribution in [-0.2, 0) is 11.3 Å². The molecule has 22 heavy (non-hydrogen) atoms. The summed E-state index contributed by atoms with van der Waals surface area (Å²) in [6, 6.07) is 2.51. The van der Waals surface area contributed by atoms with Crippen molar-refractivity contribution in [3.63, 3.8) is 0 Å². The van der Waals surface area contributed by atoms with Crippen molar-refractivity contribution in [1.29, 1.82) is 0 Å². The Morgan fingerprint density at radius 2 is 2.45 bits per heavy atom. The number of likely N-dealkylation sites (tertiary alicyclic amines) is 1. The number of ether oxygens (including phenoxy) is 1. The fourth-order valence-corrected chi connectivity index (χ4v) is 3.55. The minimum absolute atomic E-state index is 0.292. The van der Waals surface area contributed by atoms with Crippen molar-refractivity contribution in [3.8, 4) is 0 Å². The summed E-state index contributed by atoms with van der Waals surface area (Å²) < 4.78 is 6.94. The molecule has 6 heteroatoms. The van der Waals surface area contributed by atoms with E-state index < -0.39 is 0 Å². The summed E-state index contributed by atoms with van der Waals surface area (Å²) in [6.45, 7) is 5.29. The summed E-state index contributed by atoms with van der Waals surface area (Å²) in [4.78, 5) is 14.2. The van der Waals surface area contributed by atoms with Crippen LogP contribution in [0.1, 0.15) is 41.7 Å². The minimum atomic E-state index is -0.292. The average molecular weight is 319 g/mol. The van der Waals surface area contributed by atoms with Crippen LogP contribution >= 0.6 is 11.3 Å². The zero-order chi connectivity index (χ0) is 15.4. The zero-order valence-corrected chi connectivity index (χ0v) is 13.6. The van der Waals surface area contributed by atoms with E-state index in [1.165, 1.54) is 5.56 Å². The Bertz CT molecular complexity index is 609. The zero-order valence-electron chi connectivity index (χ0n) is 12.8. The van der Waals surface area contributed by atoms with Gasteiger partial charge < -0.3 is 4.74 Å². The van der Waals surface area contributed by atoms with E-state index in [1.54, 1.807) is 17.5 Å². The average Bonchev–Trinajstić information content (AvgIpc) is 3.19. The van der Waals surface area contributed by atoms with Crippen LogP contribution in [0.4, 0.5) is 0 Å². The molecule has 1 saturated heterocycles. The number of aromatic nitrogens is 2. The second-order valence-electron chi connectivity index (χ2n) is 5.59. The Kier molecular flexibility index (Phi) is 4.90. The maximum absolute atomic E-state index is 11.7. The van der Waals surface area contributed by atoms with Crippen LogP contribution in [0.2, 0.25) is 0 Å². The van der Waals surface area contributed by atoms with Gasteiger partial charge in [0, 0.05) is 19.3 Å². The van der Waals surface area contributed by atoms with E-state index in [4.69, 9.17) is 4.74 Å². The van der Waals surface area contributed by atoms with Gasteiger partial charge in [-0.2, -0.15) is 16.4 Å². The molecule has 3 heterocycles. The van der Waals surface area contributed by atoms with Gasteiger partial charge in [-0.1, -0.05) is 0 Å². The van der Waals surface area contributed by atoms with Crippen LogP contribution in [0.3, 0.4) is 0 Å². The maximum atomic E-state index is 11.7. The van der Waals surface area contributed by atoms with Gasteiger partial charge in [-0.15, -0.1) is 0 Å². The summed E-state index contributed by atoms with van der Waals surface area (Å²) in [6.07, 6.45) is 5.68. The number of rotatable bonds is 5. The number of carbonyl (C=O) groups excluding carboxylic acids is 1. The molecule has 1 atom stereocenters. The molecule has 1 aliphatic rings. The van der Waals surface area contributed by atoms with Gasteiger partial charge in [0.25, 0.3) is 0 Å². The Hall–Kier alpha value is -1.66. The first-order valence-corrected chi connectivity index (χ1v) is 8.65. The summed E-state index contributed by atoms with van der Waals surface area (Å²) >= 11 is 1.74. The standard InChI is InChI=1S/C16H21N3O2S/c1-2-21-16(20)14-8-17-19(10-14)15-4-3-6-18(11-15)9-13-5-7-22-12-13/h5,7-8,10,12,15H,2-4,6,9,11H2,1H3. The van der Waals surface area contributed by atoms with Gasteiger partial charge in [0.15, 0.2) is 0 Å². The molecule has 0 amide bonds. The monoisotopic (exact) mass is 319 g/mol. The number of thiophene rings is 1. The number of hydrogen-bond donors (Lipinski definition) is 0. The van der Waals surface area contributed by atoms with Crippen molar-refractivity contribution in [2.75, 3.05) is 19.7 Å². The Morgan fingerprint density at radius 1 is 1.55 bits per heavy atom. The number of hydrogen-bond acceptors (Lipinski definition) is 5. The van der Waals surface area contributed by atoms with Gasteiger partial charge in [-0.05, 0) is 48.7 Å². The largest absolute Gasteiger partial charge is 0.462 e. The molecule has 118 valence electrons. The molecule has 0 spiro atoms. The third kappa shape index (κ3) is 3.56. The molecule has 1 unspecified atom stereocenters. The van der Waals surface area contributed by atoms with Crippen molar-refractivity contribution in [2.24, 2.45) is 0 Å². The fourth-order valence-electron chi connectivity index (χ4n) is 2.89. The van der Waals surface area contributed by atoms with E-state index in [1.807, 2.05) is 17.8 Å². The highest BCUT2D eigenvalue weighted by molar-refractivity contribution is 7.07. The lowest BCUT2D eigenvalue weighted by molar-refractivity contribution is 0.0526. The van der Waals surface area contributed by atoms with Crippen LogP contribution in [0.5, 0.6) is 0 Å². The lowest BCUT2D eigenvalue weighted by Gasteiger charge is -2.32. The van der Waals surface area contributed by atoms with Gasteiger partial charge >= 0.3 is 5.97 Å². The molecule has 3 rings (SSSR count). The molecule has 0 aromatic carbocycles. The lowest BCUT2D eigenvalue weighted by atomic mass is 10.1. The van der Waals surface area contributed by atoms with Gasteiger partial charge in [0.05, 0.1) is 24.4 Å². The lowest BCUT2D eigenvalue weighted by Crippen LogP contribution is -2.36. The first-order valence-electron chi connectivity index (χ1n) is 7.71. The third-order valence-corrected chi connectivity index (χ3v) is 4.69. The predicted octanol–water partition coefficient (Wildman–Crippen LogP) is 2.96. The molecule has 2 aromatic rings. The summed E-state index contributed by atoms with van der Waals surface area (Å²) in [5.41, 5.74) is 1.91. The first kappa shape index (κ1) is 15.2. The Balaban J connectivity index is 1.63. The minimum Gasteiger partial charge on any atom is -0.462 e. The second kappa shape index (κ2) is 7.07. The van der Waals surface area contributed by atoms with Crippen LogP contribution < -0.4 is 0 Å². The van der Waals surface area contributed by atoms with Crippen LogP contribution in [-0.4, -0.2) is 40.3 Å². The van der Waals surface area contributed by atoms with Gasteiger partial charge in [0.2, 0.25) is 0 Å². The topological polar surface area (TPSA) is 47.4 Å². The molecule has 0 bridgehead atoms. The molecule has 1 aliphatic heterocycles. The van der Waals surface area contributed by atoms with E-state index in [2.05, 4.69) is 26.8 Å². The van der Waals surface area contributed by atoms with Crippen molar-refractivity contribution in [2.45, 2.75) is 32.4 Å². The Labute approximate surface area is 134 Å². The molecule has 0 radical (unpaired) electrons. The molecular formula is C16H21N3O2S. The maximum Gasteiger partial charge on any atom is 0.341 e. The van der Waals surface area contributed by atoms with Gasteiger partial charge in [-0.3, -0.25) is 9.58 Å². The van der Waals surface area contributed by atoms with E-state index in [0.29, 0.717) is 18.2 Å². The SMILES string of the molecule is CCOC(=O)c1cnn(C2CCCN(Cc3ccsc3)C2)c1. The number of piperidine rings is 1. The Morgan fingerprint density at radius 3 is 3.23 bits per heavy atom. The molecule has 5 nitrogen and oxygen atoms in total. The summed E-state index contributed by atoms with van der Waals surface area (Å²) in [5, 5.41) is 8.69. The van der Waals surface area contributed by atoms with Crippen LogP contribution in [0.15, 0.2) is 29.2 Å². The van der Waals surface area contributed by atoms with Gasteiger partial charge in [0.1, 0.15) is 0 Å². The van der Waals surface area contributed by atoms with E-state index in [0.717, 1.165) is 32.5 Å². The first-order chi connectivity index (χ1) is 10.8. The molecule has 2 aromatic heterocycles. The second-order valence-corrected chi connectivity index (χ2v) is 6.37. The van der Waals surface area contributed by atoms with Crippen LogP contribution in [0.25, 0.3) is 0 Å². The van der Waals surface area contributed by atoms with E-state index in [-0.39, 0.29) is 5.97 Å². The van der Waals surface area contributed by atoms with Crippen LogP contribution in [0, 0.1) is 0 Å². The third-order valence-electron chi connectivity index (χ3n) is 3.95. The van der Waals surface area contributed by atoms with E-state index in [9.17, 15) is 4.79 Å². The highest BCUT2D eigenvalue weighted by atomic mass is 32.1. The fraction of sp³-hybridized carbons (Fsp3) is 0.500. The number of esters is 1. The molecule has 0 saturated carbocycles. The smallest absolute Gasteiger partial charge is 0.341 e. The van der Waals surface area contributed by atoms with Crippen molar-refractivity contribution >= 4 is 17.3 Å². The summed E-state index contributed by atoms with van der Waals surface area (Å²) in [7, 11) is 0. The highest BCUT2D eigenvalue weighted by Crippen LogP contribution is 2.23.